The van der Waals surface area contributed by atoms with Crippen LogP contribution in [0.4, 0.5) is 0 Å². The molecule has 0 amide bonds. The Balaban J connectivity index is 1.84. The summed E-state index contributed by atoms with van der Waals surface area (Å²) in [6.45, 7) is 0. The summed E-state index contributed by atoms with van der Waals surface area (Å²) in [5, 5.41) is 7.61. The number of aromatic nitrogens is 1. The quantitative estimate of drug-likeness (QED) is 0.254. The van der Waals surface area contributed by atoms with Crippen LogP contribution < -0.4 is 0 Å². The fourth-order valence-electron chi connectivity index (χ4n) is 4.34. The molecule has 0 aliphatic heterocycles. The van der Waals surface area contributed by atoms with Crippen LogP contribution in [0.3, 0.4) is 0 Å². The highest BCUT2D eigenvalue weighted by molar-refractivity contribution is 9.10. The van der Waals surface area contributed by atoms with Gasteiger partial charge in [0.05, 0.1) is 11.0 Å². The smallest absolute Gasteiger partial charge is 0.0619 e. The second-order valence-corrected chi connectivity index (χ2v) is 8.13. The third kappa shape index (κ3) is 2.25. The maximum Gasteiger partial charge on any atom is 0.0619 e. The molecule has 0 spiro atoms. The Kier molecular flexibility index (Phi) is 3.38. The fourth-order valence-corrected chi connectivity index (χ4v) is 4.70. The summed E-state index contributed by atoms with van der Waals surface area (Å²) in [5.41, 5.74) is 3.68. The molecule has 28 heavy (non-hydrogen) atoms. The van der Waals surface area contributed by atoms with Crippen LogP contribution in [0, 0.1) is 0 Å². The third-order valence-corrected chi connectivity index (χ3v) is 6.10. The molecular weight excluding hydrogens is 406 g/mol. The highest BCUT2D eigenvalue weighted by Crippen LogP contribution is 2.38. The van der Waals surface area contributed by atoms with Crippen molar-refractivity contribution in [2.24, 2.45) is 0 Å². The zero-order chi connectivity index (χ0) is 18.7. The average molecular weight is 422 g/mol. The molecule has 6 rings (SSSR count). The molecule has 132 valence electrons. The van der Waals surface area contributed by atoms with Crippen molar-refractivity contribution in [2.75, 3.05) is 0 Å². The van der Waals surface area contributed by atoms with Crippen molar-refractivity contribution in [3.63, 3.8) is 0 Å². The molecule has 0 saturated carbocycles. The lowest BCUT2D eigenvalue weighted by molar-refractivity contribution is 1.19. The summed E-state index contributed by atoms with van der Waals surface area (Å²) in [5.74, 6) is 0. The molecule has 0 fully saturated rings. The lowest BCUT2D eigenvalue weighted by Gasteiger charge is -2.11. The molecule has 0 aliphatic carbocycles. The minimum atomic E-state index is 1.10. The SMILES string of the molecule is Brc1ccc2c(c1)c1ccc3ccccc3c1n2-c1ccc2ccccc2c1. The summed E-state index contributed by atoms with van der Waals surface area (Å²) in [6, 6.07) is 35.0. The van der Waals surface area contributed by atoms with Gasteiger partial charge in [-0.3, -0.25) is 0 Å². The first-order chi connectivity index (χ1) is 13.8. The van der Waals surface area contributed by atoms with E-state index in [1.54, 1.807) is 0 Å². The Bertz CT molecular complexity index is 1520. The average Bonchev–Trinajstić information content (AvgIpc) is 3.07. The van der Waals surface area contributed by atoms with Gasteiger partial charge in [-0.1, -0.05) is 82.7 Å². The van der Waals surface area contributed by atoms with Crippen LogP contribution in [-0.2, 0) is 0 Å². The second kappa shape index (κ2) is 5.95. The van der Waals surface area contributed by atoms with Crippen molar-refractivity contribution in [3.8, 4) is 5.69 Å². The third-order valence-electron chi connectivity index (χ3n) is 5.61. The van der Waals surface area contributed by atoms with E-state index in [4.69, 9.17) is 0 Å². The molecule has 6 aromatic rings. The van der Waals surface area contributed by atoms with Crippen LogP contribution in [0.2, 0.25) is 0 Å². The second-order valence-electron chi connectivity index (χ2n) is 7.21. The molecule has 0 radical (unpaired) electrons. The highest BCUT2D eigenvalue weighted by atomic mass is 79.9. The van der Waals surface area contributed by atoms with E-state index in [-0.39, 0.29) is 0 Å². The first kappa shape index (κ1) is 15.9. The van der Waals surface area contributed by atoms with Gasteiger partial charge in [-0.15, -0.1) is 0 Å². The fraction of sp³-hybridized carbons (Fsp3) is 0. The van der Waals surface area contributed by atoms with Crippen molar-refractivity contribution >= 4 is 59.3 Å². The highest BCUT2D eigenvalue weighted by Gasteiger charge is 2.15. The van der Waals surface area contributed by atoms with Crippen molar-refractivity contribution in [1.82, 2.24) is 4.57 Å². The van der Waals surface area contributed by atoms with Crippen LogP contribution in [-0.4, -0.2) is 4.57 Å². The summed E-state index contributed by atoms with van der Waals surface area (Å²) in [6.07, 6.45) is 0. The maximum absolute atomic E-state index is 3.66. The molecule has 1 heterocycles. The number of hydrogen-bond acceptors (Lipinski definition) is 0. The van der Waals surface area contributed by atoms with E-state index in [1.165, 1.54) is 49.0 Å². The Hall–Kier alpha value is -3.10. The van der Waals surface area contributed by atoms with Gasteiger partial charge in [0.1, 0.15) is 0 Å². The van der Waals surface area contributed by atoms with Gasteiger partial charge < -0.3 is 4.57 Å². The van der Waals surface area contributed by atoms with Gasteiger partial charge in [0, 0.05) is 26.3 Å². The Morgan fingerprint density at radius 3 is 2.18 bits per heavy atom. The van der Waals surface area contributed by atoms with Crippen LogP contribution in [0.15, 0.2) is 102 Å². The molecule has 0 unspecified atom stereocenters. The van der Waals surface area contributed by atoms with Crippen LogP contribution in [0.25, 0.3) is 49.0 Å². The molecule has 0 atom stereocenters. The molecule has 1 aromatic heterocycles. The Labute approximate surface area is 171 Å². The lowest BCUT2D eigenvalue weighted by atomic mass is 10.1. The van der Waals surface area contributed by atoms with Crippen LogP contribution in [0.1, 0.15) is 0 Å². The summed E-state index contributed by atoms with van der Waals surface area (Å²) in [7, 11) is 0. The monoisotopic (exact) mass is 421 g/mol. The topological polar surface area (TPSA) is 4.93 Å². The van der Waals surface area contributed by atoms with Crippen LogP contribution in [0.5, 0.6) is 0 Å². The van der Waals surface area contributed by atoms with Crippen molar-refractivity contribution in [3.05, 3.63) is 102 Å². The Morgan fingerprint density at radius 2 is 1.29 bits per heavy atom. The van der Waals surface area contributed by atoms with Crippen LogP contribution >= 0.6 is 15.9 Å². The van der Waals surface area contributed by atoms with Gasteiger partial charge in [0.25, 0.3) is 0 Å². The molecule has 0 aliphatic rings. The molecule has 1 nitrogen and oxygen atoms in total. The first-order valence-electron chi connectivity index (χ1n) is 9.40. The minimum absolute atomic E-state index is 1.10. The summed E-state index contributed by atoms with van der Waals surface area (Å²) in [4.78, 5) is 0. The minimum Gasteiger partial charge on any atom is -0.309 e. The summed E-state index contributed by atoms with van der Waals surface area (Å²) >= 11 is 3.66. The van der Waals surface area contributed by atoms with Gasteiger partial charge >= 0.3 is 0 Å². The van der Waals surface area contributed by atoms with Gasteiger partial charge in [-0.05, 0) is 46.5 Å². The predicted molar refractivity (Wildman–Crippen MR) is 123 cm³/mol. The normalized spacial score (nSPS) is 11.8. The van der Waals surface area contributed by atoms with E-state index in [0.29, 0.717) is 0 Å². The van der Waals surface area contributed by atoms with Gasteiger partial charge in [0.2, 0.25) is 0 Å². The number of halogens is 1. The van der Waals surface area contributed by atoms with Gasteiger partial charge in [-0.25, -0.2) is 0 Å². The Morgan fingerprint density at radius 1 is 0.536 bits per heavy atom. The van der Waals surface area contributed by atoms with E-state index in [9.17, 15) is 0 Å². The lowest BCUT2D eigenvalue weighted by Crippen LogP contribution is -1.94. The largest absolute Gasteiger partial charge is 0.309 e. The van der Waals surface area contributed by atoms with Crippen molar-refractivity contribution in [1.29, 1.82) is 0 Å². The first-order valence-corrected chi connectivity index (χ1v) is 10.2. The van der Waals surface area contributed by atoms with E-state index < -0.39 is 0 Å². The van der Waals surface area contributed by atoms with E-state index in [0.717, 1.165) is 4.47 Å². The van der Waals surface area contributed by atoms with Crippen molar-refractivity contribution in [2.45, 2.75) is 0 Å². The molecule has 0 bridgehead atoms. The molecule has 2 heteroatoms. The zero-order valence-corrected chi connectivity index (χ0v) is 16.6. The predicted octanol–water partition coefficient (Wildman–Crippen LogP) is 7.85. The molecule has 5 aromatic carbocycles. The number of hydrogen-bond donors (Lipinski definition) is 0. The number of nitrogens with zero attached hydrogens (tertiary/aromatic N) is 1. The molecule has 0 N–H and O–H groups in total. The van der Waals surface area contributed by atoms with Gasteiger partial charge in [0.15, 0.2) is 0 Å². The van der Waals surface area contributed by atoms with Crippen molar-refractivity contribution < 1.29 is 0 Å². The van der Waals surface area contributed by atoms with Gasteiger partial charge in [-0.2, -0.15) is 0 Å². The number of benzene rings is 5. The van der Waals surface area contributed by atoms with E-state index in [2.05, 4.69) is 118 Å². The molecular formula is C26H16BrN. The molecule has 0 saturated heterocycles. The maximum atomic E-state index is 3.66. The van der Waals surface area contributed by atoms with E-state index in [1.807, 2.05) is 0 Å². The van der Waals surface area contributed by atoms with E-state index >= 15 is 0 Å². The zero-order valence-electron chi connectivity index (χ0n) is 15.1. The number of fused-ring (bicyclic) bond motifs is 6. The summed E-state index contributed by atoms with van der Waals surface area (Å²) < 4.78 is 3.51. The number of rotatable bonds is 1. The standard InChI is InChI=1S/C26H16BrN/c27-20-11-14-25-24(16-20)23-13-10-18-6-3-4-8-22(18)26(23)28(25)21-12-9-17-5-1-2-7-19(17)15-21/h1-16H.